The molecule has 1 spiro atoms. The zero-order valence-corrected chi connectivity index (χ0v) is 13.3. The van der Waals surface area contributed by atoms with Gasteiger partial charge < -0.3 is 10.5 Å². The Bertz CT molecular complexity index is 527. The Morgan fingerprint density at radius 1 is 1.24 bits per heavy atom. The van der Waals surface area contributed by atoms with E-state index in [9.17, 15) is 4.39 Å². The molecule has 2 N–H and O–H groups in total. The summed E-state index contributed by atoms with van der Waals surface area (Å²) in [4.78, 5) is 0. The summed E-state index contributed by atoms with van der Waals surface area (Å²) in [5, 5.41) is 0. The summed E-state index contributed by atoms with van der Waals surface area (Å²) in [5.41, 5.74) is 7.44. The van der Waals surface area contributed by atoms with Crippen LogP contribution in [0.5, 0.6) is 5.75 Å². The van der Waals surface area contributed by atoms with Gasteiger partial charge in [0.2, 0.25) is 0 Å². The van der Waals surface area contributed by atoms with Gasteiger partial charge >= 0.3 is 0 Å². The Balaban J connectivity index is 1.80. The maximum atomic E-state index is 13.5. The van der Waals surface area contributed by atoms with Gasteiger partial charge in [0.25, 0.3) is 0 Å². The van der Waals surface area contributed by atoms with E-state index in [0.717, 1.165) is 30.7 Å². The average molecular weight is 291 g/mol. The second-order valence-corrected chi connectivity index (χ2v) is 7.92. The first-order valence-corrected chi connectivity index (χ1v) is 8.03. The fourth-order valence-electron chi connectivity index (χ4n) is 4.00. The highest BCUT2D eigenvalue weighted by atomic mass is 19.1. The van der Waals surface area contributed by atoms with E-state index in [0.29, 0.717) is 11.2 Å². The van der Waals surface area contributed by atoms with Crippen molar-refractivity contribution in [1.29, 1.82) is 0 Å². The molecule has 1 heterocycles. The number of ether oxygens (including phenoxy) is 1. The average Bonchev–Trinajstić information content (AvgIpc) is 2.37. The standard InChI is InChI=1S/C18H26FNO/c1-17(2,3)12-6-8-18(9-7-12)11-15(20)14-5-4-13(19)10-16(14)21-18/h4-5,10,12,15H,6-9,11,20H2,1-3H3/t12?,15-,18?/m0/s1. The number of hydrogen-bond donors (Lipinski definition) is 1. The fourth-order valence-corrected chi connectivity index (χ4v) is 4.00. The third kappa shape index (κ3) is 2.80. The van der Waals surface area contributed by atoms with Gasteiger partial charge in [-0.05, 0) is 43.1 Å². The zero-order chi connectivity index (χ0) is 15.3. The summed E-state index contributed by atoms with van der Waals surface area (Å²) in [5.74, 6) is 1.14. The Hall–Kier alpha value is -1.09. The monoisotopic (exact) mass is 291 g/mol. The van der Waals surface area contributed by atoms with Crippen LogP contribution in [0.1, 0.15) is 64.5 Å². The maximum Gasteiger partial charge on any atom is 0.127 e. The van der Waals surface area contributed by atoms with Gasteiger partial charge in [-0.2, -0.15) is 0 Å². The van der Waals surface area contributed by atoms with Crippen LogP contribution in [-0.4, -0.2) is 5.60 Å². The maximum absolute atomic E-state index is 13.5. The largest absolute Gasteiger partial charge is 0.487 e. The number of rotatable bonds is 0. The predicted molar refractivity (Wildman–Crippen MR) is 82.7 cm³/mol. The lowest BCUT2D eigenvalue weighted by Gasteiger charge is -2.47. The predicted octanol–water partition coefficient (Wildman–Crippen LogP) is 4.58. The molecule has 1 aromatic rings. The summed E-state index contributed by atoms with van der Waals surface area (Å²) < 4.78 is 19.7. The molecule has 0 saturated heterocycles. The molecule has 3 rings (SSSR count). The summed E-state index contributed by atoms with van der Waals surface area (Å²) in [7, 11) is 0. The van der Waals surface area contributed by atoms with Crippen molar-refractivity contribution in [3.8, 4) is 5.75 Å². The normalized spacial score (nSPS) is 32.6. The molecule has 0 bridgehead atoms. The van der Waals surface area contributed by atoms with E-state index in [1.54, 1.807) is 6.07 Å². The lowest BCUT2D eigenvalue weighted by molar-refractivity contribution is -0.0256. The molecule has 1 fully saturated rings. The fraction of sp³-hybridized carbons (Fsp3) is 0.667. The number of hydrogen-bond acceptors (Lipinski definition) is 2. The van der Waals surface area contributed by atoms with E-state index in [1.807, 2.05) is 0 Å². The van der Waals surface area contributed by atoms with E-state index < -0.39 is 0 Å². The van der Waals surface area contributed by atoms with Crippen LogP contribution in [0.15, 0.2) is 18.2 Å². The van der Waals surface area contributed by atoms with Crippen LogP contribution in [0.3, 0.4) is 0 Å². The minimum atomic E-state index is -0.249. The van der Waals surface area contributed by atoms with E-state index in [-0.39, 0.29) is 17.5 Å². The van der Waals surface area contributed by atoms with E-state index in [1.165, 1.54) is 25.0 Å². The first-order chi connectivity index (χ1) is 9.79. The third-order valence-corrected chi connectivity index (χ3v) is 5.42. The number of fused-ring (bicyclic) bond motifs is 1. The highest BCUT2D eigenvalue weighted by molar-refractivity contribution is 5.39. The molecule has 0 amide bonds. The Kier molecular flexibility index (Phi) is 3.52. The Morgan fingerprint density at radius 2 is 1.90 bits per heavy atom. The third-order valence-electron chi connectivity index (χ3n) is 5.42. The Morgan fingerprint density at radius 3 is 2.52 bits per heavy atom. The van der Waals surface area contributed by atoms with E-state index in [4.69, 9.17) is 10.5 Å². The molecule has 21 heavy (non-hydrogen) atoms. The molecule has 1 aromatic carbocycles. The topological polar surface area (TPSA) is 35.2 Å². The molecule has 1 aliphatic heterocycles. The molecular formula is C18H26FNO. The van der Waals surface area contributed by atoms with Gasteiger partial charge in [-0.3, -0.25) is 0 Å². The number of halogens is 1. The molecule has 1 aliphatic carbocycles. The highest BCUT2D eigenvalue weighted by Gasteiger charge is 2.44. The summed E-state index contributed by atoms with van der Waals surface area (Å²) in [6.07, 6.45) is 5.24. The van der Waals surface area contributed by atoms with Crippen molar-refractivity contribution in [2.24, 2.45) is 17.1 Å². The highest BCUT2D eigenvalue weighted by Crippen LogP contribution is 2.49. The minimum Gasteiger partial charge on any atom is -0.487 e. The van der Waals surface area contributed by atoms with Crippen molar-refractivity contribution in [1.82, 2.24) is 0 Å². The number of benzene rings is 1. The van der Waals surface area contributed by atoms with Crippen LogP contribution in [-0.2, 0) is 0 Å². The van der Waals surface area contributed by atoms with Gasteiger partial charge in [0.05, 0.1) is 0 Å². The molecule has 0 unspecified atom stereocenters. The summed E-state index contributed by atoms with van der Waals surface area (Å²) in [6, 6.07) is 4.69. The Labute approximate surface area is 126 Å². The molecular weight excluding hydrogens is 265 g/mol. The minimum absolute atomic E-state index is 0.0412. The van der Waals surface area contributed by atoms with Crippen LogP contribution in [0.2, 0.25) is 0 Å². The van der Waals surface area contributed by atoms with Gasteiger partial charge in [-0.25, -0.2) is 4.39 Å². The molecule has 1 atom stereocenters. The molecule has 2 nitrogen and oxygen atoms in total. The van der Waals surface area contributed by atoms with Gasteiger partial charge in [0.1, 0.15) is 17.2 Å². The second kappa shape index (κ2) is 4.98. The van der Waals surface area contributed by atoms with Crippen molar-refractivity contribution in [3.63, 3.8) is 0 Å². The zero-order valence-electron chi connectivity index (χ0n) is 13.3. The van der Waals surface area contributed by atoms with Crippen molar-refractivity contribution < 1.29 is 9.13 Å². The molecule has 0 aromatic heterocycles. The van der Waals surface area contributed by atoms with Crippen LogP contribution in [0, 0.1) is 17.2 Å². The SMILES string of the molecule is CC(C)(C)C1CCC2(CC1)C[C@H](N)c1ccc(F)cc1O2. The van der Waals surface area contributed by atoms with Crippen molar-refractivity contribution in [2.45, 2.75) is 64.5 Å². The first kappa shape index (κ1) is 14.8. The van der Waals surface area contributed by atoms with E-state index in [2.05, 4.69) is 20.8 Å². The van der Waals surface area contributed by atoms with Gasteiger partial charge in [-0.15, -0.1) is 0 Å². The van der Waals surface area contributed by atoms with Crippen LogP contribution in [0.4, 0.5) is 4.39 Å². The number of nitrogens with two attached hydrogens (primary N) is 1. The quantitative estimate of drug-likeness (QED) is 0.759. The first-order valence-electron chi connectivity index (χ1n) is 8.03. The van der Waals surface area contributed by atoms with Crippen molar-refractivity contribution in [2.75, 3.05) is 0 Å². The molecule has 0 radical (unpaired) electrons. The molecule has 3 heteroatoms. The molecule has 2 aliphatic rings. The summed E-state index contributed by atoms with van der Waals surface area (Å²) >= 11 is 0. The molecule has 1 saturated carbocycles. The van der Waals surface area contributed by atoms with E-state index >= 15 is 0 Å². The van der Waals surface area contributed by atoms with Gasteiger partial charge in [0, 0.05) is 24.1 Å². The lowest BCUT2D eigenvalue weighted by atomic mass is 9.66. The van der Waals surface area contributed by atoms with Gasteiger partial charge in [-0.1, -0.05) is 26.8 Å². The van der Waals surface area contributed by atoms with Crippen LogP contribution in [0.25, 0.3) is 0 Å². The van der Waals surface area contributed by atoms with Gasteiger partial charge in [0.15, 0.2) is 0 Å². The van der Waals surface area contributed by atoms with Crippen LogP contribution < -0.4 is 10.5 Å². The van der Waals surface area contributed by atoms with Crippen LogP contribution >= 0.6 is 0 Å². The van der Waals surface area contributed by atoms with Crippen molar-refractivity contribution >= 4 is 0 Å². The van der Waals surface area contributed by atoms with Crippen molar-refractivity contribution in [3.05, 3.63) is 29.6 Å². The molecule has 116 valence electrons. The lowest BCUT2D eigenvalue weighted by Crippen LogP contribution is -2.46. The smallest absolute Gasteiger partial charge is 0.127 e. The second-order valence-electron chi connectivity index (χ2n) is 7.92. The summed E-state index contributed by atoms with van der Waals surface area (Å²) in [6.45, 7) is 6.94.